The second-order valence-electron chi connectivity index (χ2n) is 7.23. The molecule has 0 N–H and O–H groups in total. The summed E-state index contributed by atoms with van der Waals surface area (Å²) in [7, 11) is 0. The van der Waals surface area contributed by atoms with E-state index in [0.29, 0.717) is 11.7 Å². The molecule has 0 bridgehead atoms. The van der Waals surface area contributed by atoms with Gasteiger partial charge in [0.1, 0.15) is 0 Å². The van der Waals surface area contributed by atoms with E-state index in [9.17, 15) is 9.59 Å². The monoisotopic (exact) mass is 297 g/mol. The van der Waals surface area contributed by atoms with Gasteiger partial charge >= 0.3 is 0 Å². The molecule has 2 aliphatic carbocycles. The van der Waals surface area contributed by atoms with Crippen molar-refractivity contribution in [1.82, 2.24) is 4.90 Å². The van der Waals surface area contributed by atoms with E-state index in [2.05, 4.69) is 24.0 Å². The van der Waals surface area contributed by atoms with E-state index in [1.807, 2.05) is 6.07 Å². The summed E-state index contributed by atoms with van der Waals surface area (Å²) in [5.74, 6) is 1.21. The molecule has 4 rings (SSSR count). The molecule has 1 aromatic carbocycles. The van der Waals surface area contributed by atoms with Crippen molar-refractivity contribution in [2.45, 2.75) is 51.5 Å². The fraction of sp³-hybridized carbons (Fsp3) is 0.579. The molecule has 0 saturated heterocycles. The smallest absolute Gasteiger partial charge is 0.225 e. The average molecular weight is 297 g/mol. The van der Waals surface area contributed by atoms with Crippen LogP contribution >= 0.6 is 0 Å². The van der Waals surface area contributed by atoms with Crippen molar-refractivity contribution in [3.05, 3.63) is 34.9 Å². The van der Waals surface area contributed by atoms with Gasteiger partial charge in [0.25, 0.3) is 0 Å². The zero-order valence-electron chi connectivity index (χ0n) is 13.2. The van der Waals surface area contributed by atoms with E-state index < -0.39 is 0 Å². The maximum atomic E-state index is 12.4. The Morgan fingerprint density at radius 2 is 1.77 bits per heavy atom. The van der Waals surface area contributed by atoms with E-state index in [1.54, 1.807) is 0 Å². The van der Waals surface area contributed by atoms with Gasteiger partial charge in [-0.3, -0.25) is 9.59 Å². The summed E-state index contributed by atoms with van der Waals surface area (Å²) in [6.45, 7) is 2.96. The fourth-order valence-corrected chi connectivity index (χ4v) is 3.58. The Kier molecular flexibility index (Phi) is 3.32. The van der Waals surface area contributed by atoms with Gasteiger partial charge in [-0.2, -0.15) is 0 Å². The molecule has 1 aromatic rings. The van der Waals surface area contributed by atoms with Crippen LogP contribution in [0.4, 0.5) is 0 Å². The van der Waals surface area contributed by atoms with E-state index in [0.717, 1.165) is 50.6 Å². The molecule has 1 amide bonds. The highest BCUT2D eigenvalue weighted by Crippen LogP contribution is 2.35. The molecule has 0 spiro atoms. The lowest BCUT2D eigenvalue weighted by molar-refractivity contribution is -0.134. The highest BCUT2D eigenvalue weighted by molar-refractivity contribution is 5.99. The van der Waals surface area contributed by atoms with Crippen molar-refractivity contribution in [3.8, 4) is 0 Å². The lowest BCUT2D eigenvalue weighted by Crippen LogP contribution is -2.40. The average Bonchev–Trinajstić information content (AvgIpc) is 3.40. The molecular weight excluding hydrogens is 274 g/mol. The molecule has 3 aliphatic rings. The van der Waals surface area contributed by atoms with Crippen LogP contribution < -0.4 is 0 Å². The first-order valence-corrected chi connectivity index (χ1v) is 8.60. The summed E-state index contributed by atoms with van der Waals surface area (Å²) >= 11 is 0. The van der Waals surface area contributed by atoms with Gasteiger partial charge in [0.2, 0.25) is 5.91 Å². The molecule has 2 saturated carbocycles. The molecule has 0 aromatic heterocycles. The highest BCUT2D eigenvalue weighted by atomic mass is 16.2. The minimum atomic E-state index is 0.237. The van der Waals surface area contributed by atoms with Crippen molar-refractivity contribution in [1.29, 1.82) is 0 Å². The first kappa shape index (κ1) is 14.0. The van der Waals surface area contributed by atoms with Gasteiger partial charge in [-0.25, -0.2) is 0 Å². The maximum absolute atomic E-state index is 12.4. The van der Waals surface area contributed by atoms with Crippen LogP contribution in [-0.4, -0.2) is 29.2 Å². The van der Waals surface area contributed by atoms with Crippen LogP contribution in [0, 0.1) is 11.8 Å². The second-order valence-corrected chi connectivity index (χ2v) is 7.23. The second kappa shape index (κ2) is 5.22. The van der Waals surface area contributed by atoms with E-state index in [1.165, 1.54) is 11.1 Å². The molecule has 1 aliphatic heterocycles. The largest absolute Gasteiger partial charge is 0.339 e. The standard InChI is InChI=1S/C19H23NO2/c1-12-10-17-11-16(18(21)14-3-4-14)7-2-13(17)8-9-20(12)19(22)15-5-6-15/h2,7,11-12,14-15H,3-6,8-10H2,1H3. The topological polar surface area (TPSA) is 37.4 Å². The number of hydrogen-bond donors (Lipinski definition) is 0. The van der Waals surface area contributed by atoms with Crippen LogP contribution in [0.5, 0.6) is 0 Å². The molecule has 1 unspecified atom stereocenters. The number of carbonyl (C=O) groups excluding carboxylic acids is 2. The molecule has 3 heteroatoms. The van der Waals surface area contributed by atoms with Crippen LogP contribution in [0.15, 0.2) is 18.2 Å². The molecule has 1 atom stereocenters. The van der Waals surface area contributed by atoms with Crippen LogP contribution in [0.1, 0.15) is 54.1 Å². The van der Waals surface area contributed by atoms with Crippen LogP contribution in [-0.2, 0) is 17.6 Å². The van der Waals surface area contributed by atoms with E-state index in [4.69, 9.17) is 0 Å². The molecule has 116 valence electrons. The Labute approximate surface area is 131 Å². The van der Waals surface area contributed by atoms with Gasteiger partial charge in [-0.05, 0) is 62.6 Å². The highest BCUT2D eigenvalue weighted by Gasteiger charge is 2.36. The summed E-state index contributed by atoms with van der Waals surface area (Å²) in [6, 6.07) is 6.43. The number of ketones is 1. The summed E-state index contributed by atoms with van der Waals surface area (Å²) in [6.07, 6.45) is 6.02. The van der Waals surface area contributed by atoms with Crippen molar-refractivity contribution in [2.75, 3.05) is 6.54 Å². The number of benzene rings is 1. The van der Waals surface area contributed by atoms with Gasteiger partial charge in [-0.1, -0.05) is 12.1 Å². The van der Waals surface area contributed by atoms with E-state index >= 15 is 0 Å². The normalized spacial score (nSPS) is 24.6. The Morgan fingerprint density at radius 1 is 1.05 bits per heavy atom. The molecule has 2 fully saturated rings. The third-order valence-corrected chi connectivity index (χ3v) is 5.32. The van der Waals surface area contributed by atoms with Crippen LogP contribution in [0.25, 0.3) is 0 Å². The van der Waals surface area contributed by atoms with Crippen LogP contribution in [0.2, 0.25) is 0 Å². The van der Waals surface area contributed by atoms with Crippen molar-refractivity contribution < 1.29 is 9.59 Å². The molecular formula is C19H23NO2. The first-order chi connectivity index (χ1) is 10.6. The predicted octanol–water partition coefficient (Wildman–Crippen LogP) is 3.01. The number of amides is 1. The van der Waals surface area contributed by atoms with Gasteiger partial charge in [0, 0.05) is 30.0 Å². The summed E-state index contributed by atoms with van der Waals surface area (Å²) < 4.78 is 0. The van der Waals surface area contributed by atoms with Gasteiger partial charge in [-0.15, -0.1) is 0 Å². The number of nitrogens with zero attached hydrogens (tertiary/aromatic N) is 1. The van der Waals surface area contributed by atoms with Gasteiger partial charge < -0.3 is 4.90 Å². The first-order valence-electron chi connectivity index (χ1n) is 8.60. The quantitative estimate of drug-likeness (QED) is 0.804. The zero-order chi connectivity index (χ0) is 15.3. The van der Waals surface area contributed by atoms with Gasteiger partial charge in [0.15, 0.2) is 5.78 Å². The predicted molar refractivity (Wildman–Crippen MR) is 84.8 cm³/mol. The maximum Gasteiger partial charge on any atom is 0.225 e. The molecule has 1 heterocycles. The minimum absolute atomic E-state index is 0.237. The minimum Gasteiger partial charge on any atom is -0.339 e. The Morgan fingerprint density at radius 3 is 2.45 bits per heavy atom. The third-order valence-electron chi connectivity index (χ3n) is 5.32. The Hall–Kier alpha value is -1.64. The summed E-state index contributed by atoms with van der Waals surface area (Å²) in [5, 5.41) is 0. The zero-order valence-corrected chi connectivity index (χ0v) is 13.2. The lowest BCUT2D eigenvalue weighted by Gasteiger charge is -2.27. The lowest BCUT2D eigenvalue weighted by atomic mass is 9.95. The van der Waals surface area contributed by atoms with Crippen molar-refractivity contribution in [3.63, 3.8) is 0 Å². The number of hydrogen-bond acceptors (Lipinski definition) is 2. The number of Topliss-reactive ketones (excluding diaryl/α,β-unsaturated/α-hetero) is 1. The van der Waals surface area contributed by atoms with E-state index in [-0.39, 0.29) is 17.9 Å². The van der Waals surface area contributed by atoms with Gasteiger partial charge in [0.05, 0.1) is 0 Å². The summed E-state index contributed by atoms with van der Waals surface area (Å²) in [5.41, 5.74) is 3.45. The Balaban J connectivity index is 1.56. The van der Waals surface area contributed by atoms with Crippen LogP contribution in [0.3, 0.4) is 0 Å². The summed E-state index contributed by atoms with van der Waals surface area (Å²) in [4.78, 5) is 26.8. The van der Waals surface area contributed by atoms with Crippen molar-refractivity contribution in [2.24, 2.45) is 11.8 Å². The SMILES string of the molecule is CC1Cc2cc(C(=O)C3CC3)ccc2CCN1C(=O)C1CC1. The van der Waals surface area contributed by atoms with Crippen molar-refractivity contribution >= 4 is 11.7 Å². The fourth-order valence-electron chi connectivity index (χ4n) is 3.58. The molecule has 22 heavy (non-hydrogen) atoms. The third kappa shape index (κ3) is 2.57. The number of fused-ring (bicyclic) bond motifs is 1. The molecule has 0 radical (unpaired) electrons. The Bertz CT molecular complexity index is 628. The number of rotatable bonds is 3. The molecule has 3 nitrogen and oxygen atoms in total. The number of carbonyl (C=O) groups is 2.